The van der Waals surface area contributed by atoms with E-state index >= 15 is 0 Å². The van der Waals surface area contributed by atoms with E-state index in [9.17, 15) is 0 Å². The van der Waals surface area contributed by atoms with Gasteiger partial charge in [-0.25, -0.2) is 0 Å². The number of rotatable bonds is 2. The molecular weight excluding hydrogens is 208 g/mol. The Hall–Kier alpha value is -0.0800. The predicted octanol–water partition coefficient (Wildman–Crippen LogP) is 2.89. The number of hydrogen-bond acceptors (Lipinski definition) is 2. The highest BCUT2D eigenvalue weighted by atomic mass is 15.2. The highest BCUT2D eigenvalue weighted by Gasteiger charge is 2.34. The van der Waals surface area contributed by atoms with Crippen molar-refractivity contribution in [3.63, 3.8) is 0 Å². The number of nitrogens with zero attached hydrogens (tertiary/aromatic N) is 1. The summed E-state index contributed by atoms with van der Waals surface area (Å²) in [5.74, 6) is 1.72. The van der Waals surface area contributed by atoms with E-state index in [1.807, 2.05) is 0 Å². The zero-order valence-corrected chi connectivity index (χ0v) is 11.9. The molecule has 1 heterocycles. The fraction of sp³-hybridized carbons (Fsp3) is 1.00. The summed E-state index contributed by atoms with van der Waals surface area (Å²) >= 11 is 0. The van der Waals surface area contributed by atoms with Crippen molar-refractivity contribution in [3.8, 4) is 0 Å². The Morgan fingerprint density at radius 1 is 1.18 bits per heavy atom. The van der Waals surface area contributed by atoms with Crippen LogP contribution in [0.3, 0.4) is 0 Å². The van der Waals surface area contributed by atoms with Gasteiger partial charge < -0.3 is 10.2 Å². The van der Waals surface area contributed by atoms with E-state index in [1.54, 1.807) is 0 Å². The Morgan fingerprint density at radius 2 is 1.94 bits per heavy atom. The van der Waals surface area contributed by atoms with Gasteiger partial charge in [0.25, 0.3) is 0 Å². The molecule has 1 saturated heterocycles. The molecule has 100 valence electrons. The van der Waals surface area contributed by atoms with E-state index < -0.39 is 0 Å². The zero-order chi connectivity index (χ0) is 12.3. The smallest absolute Gasteiger partial charge is 0.0138 e. The summed E-state index contributed by atoms with van der Waals surface area (Å²) in [6, 6.07) is 1.61. The maximum atomic E-state index is 3.82. The average molecular weight is 238 g/mol. The molecule has 2 heteroatoms. The first kappa shape index (κ1) is 13.4. The molecule has 1 aliphatic carbocycles. The summed E-state index contributed by atoms with van der Waals surface area (Å²) in [4.78, 5) is 2.63. The third kappa shape index (κ3) is 3.45. The maximum Gasteiger partial charge on any atom is 0.0138 e. The van der Waals surface area contributed by atoms with Gasteiger partial charge in [0.1, 0.15) is 0 Å². The van der Waals surface area contributed by atoms with E-state index in [4.69, 9.17) is 0 Å². The topological polar surface area (TPSA) is 15.3 Å². The van der Waals surface area contributed by atoms with Crippen molar-refractivity contribution in [3.05, 3.63) is 0 Å². The van der Waals surface area contributed by atoms with E-state index in [1.165, 1.54) is 51.6 Å². The summed E-state index contributed by atoms with van der Waals surface area (Å²) in [6.07, 6.45) is 8.57. The second-order valence-electron chi connectivity index (χ2n) is 6.54. The summed E-state index contributed by atoms with van der Waals surface area (Å²) in [5.41, 5.74) is 0. The summed E-state index contributed by atoms with van der Waals surface area (Å²) in [5, 5.41) is 3.82. The minimum absolute atomic E-state index is 0.797. The number of nitrogens with one attached hydrogen (secondary N) is 1. The molecule has 0 amide bonds. The van der Waals surface area contributed by atoms with Crippen molar-refractivity contribution in [2.45, 2.75) is 64.5 Å². The highest BCUT2D eigenvalue weighted by molar-refractivity contribution is 4.91. The van der Waals surface area contributed by atoms with Crippen LogP contribution in [0.25, 0.3) is 0 Å². The van der Waals surface area contributed by atoms with Crippen LogP contribution in [0, 0.1) is 11.8 Å². The van der Waals surface area contributed by atoms with Gasteiger partial charge in [0.15, 0.2) is 0 Å². The van der Waals surface area contributed by atoms with Crippen LogP contribution in [0.4, 0.5) is 0 Å². The first-order valence-corrected chi connectivity index (χ1v) is 7.62. The van der Waals surface area contributed by atoms with Gasteiger partial charge >= 0.3 is 0 Å². The molecular formula is C15H30N2. The molecule has 0 aromatic rings. The predicted molar refractivity (Wildman–Crippen MR) is 74.2 cm³/mol. The Kier molecular flexibility index (Phi) is 4.87. The molecule has 0 aromatic heterocycles. The number of hydrogen-bond donors (Lipinski definition) is 1. The van der Waals surface area contributed by atoms with Crippen LogP contribution in [-0.2, 0) is 0 Å². The van der Waals surface area contributed by atoms with Gasteiger partial charge in [0.2, 0.25) is 0 Å². The molecule has 0 bridgehead atoms. The van der Waals surface area contributed by atoms with E-state index in [0.717, 1.165) is 23.9 Å². The summed E-state index contributed by atoms with van der Waals surface area (Å²) < 4.78 is 0. The Labute approximate surface area is 107 Å². The third-order valence-corrected chi connectivity index (χ3v) is 4.71. The lowest BCUT2D eigenvalue weighted by Gasteiger charge is -2.36. The second-order valence-corrected chi connectivity index (χ2v) is 6.54. The largest absolute Gasteiger partial charge is 0.312 e. The lowest BCUT2D eigenvalue weighted by Crippen LogP contribution is -2.43. The molecule has 1 aliphatic heterocycles. The lowest BCUT2D eigenvalue weighted by atomic mass is 9.83. The molecule has 2 nitrogen and oxygen atoms in total. The normalized spacial score (nSPS) is 36.4. The molecule has 0 aromatic carbocycles. The Balaban J connectivity index is 2.10. The van der Waals surface area contributed by atoms with Crippen molar-refractivity contribution in [2.75, 3.05) is 20.1 Å². The summed E-state index contributed by atoms with van der Waals surface area (Å²) in [7, 11) is 2.34. The molecule has 2 fully saturated rings. The third-order valence-electron chi connectivity index (χ3n) is 4.71. The first-order valence-electron chi connectivity index (χ1n) is 7.62. The monoisotopic (exact) mass is 238 g/mol. The van der Waals surface area contributed by atoms with Crippen molar-refractivity contribution in [1.82, 2.24) is 10.2 Å². The van der Waals surface area contributed by atoms with Gasteiger partial charge in [-0.1, -0.05) is 33.1 Å². The number of likely N-dealkylation sites (N-methyl/N-ethyl adjacent to an activating group) is 1. The fourth-order valence-corrected chi connectivity index (χ4v) is 3.81. The minimum atomic E-state index is 0.797. The van der Waals surface area contributed by atoms with E-state index in [-0.39, 0.29) is 0 Å². The molecule has 1 saturated carbocycles. The van der Waals surface area contributed by atoms with Gasteiger partial charge in [-0.05, 0) is 38.1 Å². The second kappa shape index (κ2) is 6.19. The molecule has 17 heavy (non-hydrogen) atoms. The van der Waals surface area contributed by atoms with Gasteiger partial charge in [-0.15, -0.1) is 0 Å². The standard InChI is InChI=1S/C15H30N2/c1-12(2)11-15-13-7-5-4-6-8-14(13)16-9-10-17(15)3/h12-16H,4-11H2,1-3H3/t13-,14?,15+/m1/s1. The van der Waals surface area contributed by atoms with Crippen molar-refractivity contribution in [1.29, 1.82) is 0 Å². The van der Waals surface area contributed by atoms with Crippen LogP contribution in [0.15, 0.2) is 0 Å². The Morgan fingerprint density at radius 3 is 2.71 bits per heavy atom. The fourth-order valence-electron chi connectivity index (χ4n) is 3.81. The van der Waals surface area contributed by atoms with Crippen LogP contribution in [0.2, 0.25) is 0 Å². The molecule has 0 spiro atoms. The van der Waals surface area contributed by atoms with Crippen LogP contribution < -0.4 is 5.32 Å². The molecule has 2 aliphatic rings. The zero-order valence-electron chi connectivity index (χ0n) is 11.9. The maximum absolute atomic E-state index is 3.82. The molecule has 2 rings (SSSR count). The highest BCUT2D eigenvalue weighted by Crippen LogP contribution is 2.32. The van der Waals surface area contributed by atoms with Crippen molar-refractivity contribution in [2.24, 2.45) is 11.8 Å². The molecule has 3 atom stereocenters. The minimum Gasteiger partial charge on any atom is -0.312 e. The van der Waals surface area contributed by atoms with Gasteiger partial charge in [0, 0.05) is 25.2 Å². The average Bonchev–Trinajstić information content (AvgIpc) is 2.56. The molecule has 0 radical (unpaired) electrons. The molecule has 1 unspecified atom stereocenters. The van der Waals surface area contributed by atoms with Gasteiger partial charge in [-0.2, -0.15) is 0 Å². The van der Waals surface area contributed by atoms with E-state index in [2.05, 4.69) is 31.1 Å². The number of fused-ring (bicyclic) bond motifs is 1. The van der Waals surface area contributed by atoms with Crippen LogP contribution >= 0.6 is 0 Å². The Bertz CT molecular complexity index is 227. The van der Waals surface area contributed by atoms with Crippen LogP contribution in [0.1, 0.15) is 52.4 Å². The van der Waals surface area contributed by atoms with E-state index in [0.29, 0.717) is 0 Å². The molecule has 1 N–H and O–H groups in total. The first-order chi connectivity index (χ1) is 8.18. The van der Waals surface area contributed by atoms with Gasteiger partial charge in [0.05, 0.1) is 0 Å². The SMILES string of the molecule is CC(C)C[C@H]1[C@@H]2CCCCCC2NCCN1C. The quantitative estimate of drug-likeness (QED) is 0.796. The van der Waals surface area contributed by atoms with Crippen molar-refractivity contribution >= 4 is 0 Å². The van der Waals surface area contributed by atoms with Gasteiger partial charge in [-0.3, -0.25) is 0 Å². The van der Waals surface area contributed by atoms with Crippen molar-refractivity contribution < 1.29 is 0 Å². The summed E-state index contributed by atoms with van der Waals surface area (Å²) in [6.45, 7) is 7.16. The van der Waals surface area contributed by atoms with Crippen LogP contribution in [-0.4, -0.2) is 37.1 Å². The van der Waals surface area contributed by atoms with Crippen LogP contribution in [0.5, 0.6) is 0 Å². The lowest BCUT2D eigenvalue weighted by molar-refractivity contribution is 0.148.